The van der Waals surface area contributed by atoms with Gasteiger partial charge in [0.05, 0.1) is 11.6 Å². The van der Waals surface area contributed by atoms with Crippen LogP contribution in [0.25, 0.3) is 11.0 Å². The van der Waals surface area contributed by atoms with E-state index in [9.17, 15) is 0 Å². The van der Waals surface area contributed by atoms with Crippen molar-refractivity contribution in [3.8, 4) is 0 Å². The van der Waals surface area contributed by atoms with Gasteiger partial charge in [-0.2, -0.15) is 15.1 Å². The summed E-state index contributed by atoms with van der Waals surface area (Å²) >= 11 is 0. The largest absolute Gasteiger partial charge is 0.359 e. The molecule has 0 spiro atoms. The van der Waals surface area contributed by atoms with Gasteiger partial charge in [0.1, 0.15) is 5.82 Å². The van der Waals surface area contributed by atoms with Crippen molar-refractivity contribution >= 4 is 22.8 Å². The molecule has 0 aliphatic carbocycles. The van der Waals surface area contributed by atoms with E-state index in [4.69, 9.17) is 0 Å². The molecule has 16 heavy (non-hydrogen) atoms. The Morgan fingerprint density at radius 2 is 2.25 bits per heavy atom. The molecule has 0 fully saturated rings. The first kappa shape index (κ1) is 10.7. The number of H-pyrrole nitrogens is 1. The molecule has 0 radical (unpaired) electrons. The number of rotatable bonds is 4. The molecule has 6 nitrogen and oxygen atoms in total. The van der Waals surface area contributed by atoms with Crippen molar-refractivity contribution < 1.29 is 0 Å². The van der Waals surface area contributed by atoms with Crippen molar-refractivity contribution in [1.29, 1.82) is 0 Å². The monoisotopic (exact) mass is 220 g/mol. The minimum atomic E-state index is 0.606. The Balaban J connectivity index is 2.51. The van der Waals surface area contributed by atoms with E-state index in [0.29, 0.717) is 5.95 Å². The highest BCUT2D eigenvalue weighted by atomic mass is 15.2. The topological polar surface area (TPSA) is 69.7 Å². The van der Waals surface area contributed by atoms with Crippen LogP contribution in [0, 0.1) is 0 Å². The highest BCUT2D eigenvalue weighted by Crippen LogP contribution is 2.22. The molecule has 2 rings (SSSR count). The van der Waals surface area contributed by atoms with Gasteiger partial charge >= 0.3 is 0 Å². The van der Waals surface area contributed by atoms with Crippen LogP contribution in [-0.4, -0.2) is 40.8 Å². The SMILES string of the molecule is CCCN(C)c1nc(NC)nc2[nH]ncc12. The van der Waals surface area contributed by atoms with E-state index in [-0.39, 0.29) is 0 Å². The van der Waals surface area contributed by atoms with Crippen LogP contribution in [0.4, 0.5) is 11.8 Å². The molecule has 2 aromatic heterocycles. The van der Waals surface area contributed by atoms with E-state index in [2.05, 4.69) is 37.3 Å². The average molecular weight is 220 g/mol. The fourth-order valence-corrected chi connectivity index (χ4v) is 1.66. The number of nitrogens with one attached hydrogen (secondary N) is 2. The zero-order valence-electron chi connectivity index (χ0n) is 9.78. The van der Waals surface area contributed by atoms with Crippen molar-refractivity contribution in [2.75, 3.05) is 30.9 Å². The fraction of sp³-hybridized carbons (Fsp3) is 0.500. The van der Waals surface area contributed by atoms with Crippen LogP contribution >= 0.6 is 0 Å². The molecule has 0 aliphatic rings. The number of hydrogen-bond donors (Lipinski definition) is 2. The van der Waals surface area contributed by atoms with E-state index >= 15 is 0 Å². The molecule has 0 saturated heterocycles. The zero-order valence-corrected chi connectivity index (χ0v) is 9.78. The number of fused-ring (bicyclic) bond motifs is 1. The first-order valence-electron chi connectivity index (χ1n) is 5.36. The van der Waals surface area contributed by atoms with Crippen molar-refractivity contribution in [3.05, 3.63) is 6.20 Å². The molecular formula is C10H16N6. The Labute approximate surface area is 94.1 Å². The first-order valence-corrected chi connectivity index (χ1v) is 5.36. The normalized spacial score (nSPS) is 10.7. The predicted molar refractivity (Wildman–Crippen MR) is 64.8 cm³/mol. The van der Waals surface area contributed by atoms with E-state index in [1.807, 2.05) is 7.05 Å². The lowest BCUT2D eigenvalue weighted by Crippen LogP contribution is -2.20. The van der Waals surface area contributed by atoms with Crippen LogP contribution < -0.4 is 10.2 Å². The molecule has 6 heteroatoms. The molecular weight excluding hydrogens is 204 g/mol. The Hall–Kier alpha value is -1.85. The molecule has 0 saturated carbocycles. The summed E-state index contributed by atoms with van der Waals surface area (Å²) in [7, 11) is 3.83. The van der Waals surface area contributed by atoms with Gasteiger partial charge in [-0.15, -0.1) is 0 Å². The summed E-state index contributed by atoms with van der Waals surface area (Å²) in [5, 5.41) is 10.8. The molecule has 2 heterocycles. The molecule has 2 aromatic rings. The lowest BCUT2D eigenvalue weighted by molar-refractivity contribution is 0.840. The highest BCUT2D eigenvalue weighted by molar-refractivity contribution is 5.87. The summed E-state index contributed by atoms with van der Waals surface area (Å²) in [6, 6.07) is 0. The van der Waals surface area contributed by atoms with Gasteiger partial charge in [0.15, 0.2) is 5.65 Å². The number of anilines is 2. The first-order chi connectivity index (χ1) is 7.76. The molecule has 0 aromatic carbocycles. The zero-order chi connectivity index (χ0) is 11.5. The highest BCUT2D eigenvalue weighted by Gasteiger charge is 2.11. The second-order valence-corrected chi connectivity index (χ2v) is 3.67. The Kier molecular flexibility index (Phi) is 2.89. The summed E-state index contributed by atoms with van der Waals surface area (Å²) < 4.78 is 0. The Morgan fingerprint density at radius 3 is 2.94 bits per heavy atom. The van der Waals surface area contributed by atoms with Crippen LogP contribution in [0.1, 0.15) is 13.3 Å². The van der Waals surface area contributed by atoms with Gasteiger partial charge in [0.2, 0.25) is 5.95 Å². The number of nitrogens with zero attached hydrogens (tertiary/aromatic N) is 4. The standard InChI is InChI=1S/C10H16N6/c1-4-5-16(3)9-7-6-12-15-8(7)13-10(11-2)14-9/h6H,4-5H2,1-3H3,(H2,11,12,13,14,15). The number of aromatic amines is 1. The fourth-order valence-electron chi connectivity index (χ4n) is 1.66. The minimum absolute atomic E-state index is 0.606. The van der Waals surface area contributed by atoms with E-state index < -0.39 is 0 Å². The smallest absolute Gasteiger partial charge is 0.226 e. The second kappa shape index (κ2) is 4.34. The van der Waals surface area contributed by atoms with Crippen molar-refractivity contribution in [1.82, 2.24) is 20.2 Å². The maximum absolute atomic E-state index is 4.45. The lowest BCUT2D eigenvalue weighted by Gasteiger charge is -2.18. The summed E-state index contributed by atoms with van der Waals surface area (Å²) in [6.07, 6.45) is 2.84. The molecule has 0 unspecified atom stereocenters. The molecule has 86 valence electrons. The van der Waals surface area contributed by atoms with Crippen molar-refractivity contribution in [2.24, 2.45) is 0 Å². The quantitative estimate of drug-likeness (QED) is 0.811. The molecule has 0 bridgehead atoms. The van der Waals surface area contributed by atoms with Gasteiger partial charge in [-0.05, 0) is 6.42 Å². The van der Waals surface area contributed by atoms with E-state index in [1.54, 1.807) is 13.2 Å². The van der Waals surface area contributed by atoms with Crippen LogP contribution in [0.5, 0.6) is 0 Å². The van der Waals surface area contributed by atoms with Crippen LogP contribution in [0.15, 0.2) is 6.20 Å². The van der Waals surface area contributed by atoms with Gasteiger partial charge in [-0.25, -0.2) is 0 Å². The summed E-state index contributed by atoms with van der Waals surface area (Å²) in [5.41, 5.74) is 0.761. The average Bonchev–Trinajstić information content (AvgIpc) is 2.75. The third-order valence-electron chi connectivity index (χ3n) is 2.43. The summed E-state index contributed by atoms with van der Waals surface area (Å²) in [6.45, 7) is 3.10. The van der Waals surface area contributed by atoms with Crippen molar-refractivity contribution in [3.63, 3.8) is 0 Å². The number of aromatic nitrogens is 4. The third kappa shape index (κ3) is 1.78. The van der Waals surface area contributed by atoms with Crippen LogP contribution in [0.2, 0.25) is 0 Å². The van der Waals surface area contributed by atoms with E-state index in [0.717, 1.165) is 29.8 Å². The third-order valence-corrected chi connectivity index (χ3v) is 2.43. The molecule has 0 aliphatic heterocycles. The minimum Gasteiger partial charge on any atom is -0.359 e. The number of hydrogen-bond acceptors (Lipinski definition) is 5. The Bertz CT molecular complexity index is 477. The van der Waals surface area contributed by atoms with E-state index in [1.165, 1.54) is 0 Å². The molecule has 0 atom stereocenters. The van der Waals surface area contributed by atoms with Gasteiger partial charge in [-0.3, -0.25) is 5.10 Å². The molecule has 0 amide bonds. The maximum Gasteiger partial charge on any atom is 0.226 e. The van der Waals surface area contributed by atoms with Gasteiger partial charge in [0, 0.05) is 20.6 Å². The second-order valence-electron chi connectivity index (χ2n) is 3.67. The summed E-state index contributed by atoms with van der Waals surface area (Å²) in [4.78, 5) is 10.9. The van der Waals surface area contributed by atoms with Crippen LogP contribution in [-0.2, 0) is 0 Å². The van der Waals surface area contributed by atoms with Crippen molar-refractivity contribution in [2.45, 2.75) is 13.3 Å². The van der Waals surface area contributed by atoms with Gasteiger partial charge < -0.3 is 10.2 Å². The Morgan fingerprint density at radius 1 is 1.44 bits per heavy atom. The predicted octanol–water partition coefficient (Wildman–Crippen LogP) is 1.24. The van der Waals surface area contributed by atoms with Gasteiger partial charge in [0.25, 0.3) is 0 Å². The van der Waals surface area contributed by atoms with Gasteiger partial charge in [-0.1, -0.05) is 6.92 Å². The summed E-state index contributed by atoms with van der Waals surface area (Å²) in [5.74, 6) is 1.51. The van der Waals surface area contributed by atoms with Crippen LogP contribution in [0.3, 0.4) is 0 Å². The molecule has 2 N–H and O–H groups in total. The lowest BCUT2D eigenvalue weighted by atomic mass is 10.3. The maximum atomic E-state index is 4.45.